The van der Waals surface area contributed by atoms with Gasteiger partial charge in [-0.3, -0.25) is 0 Å². The zero-order chi connectivity index (χ0) is 14.5. The summed E-state index contributed by atoms with van der Waals surface area (Å²) in [6.07, 6.45) is 6.16. The van der Waals surface area contributed by atoms with Crippen LogP contribution in [0.5, 0.6) is 0 Å². The van der Waals surface area contributed by atoms with Crippen molar-refractivity contribution in [1.82, 2.24) is 0 Å². The topological polar surface area (TPSA) is 35.2 Å². The summed E-state index contributed by atoms with van der Waals surface area (Å²) in [5.74, 6) is 0.620. The highest BCUT2D eigenvalue weighted by Crippen LogP contribution is 2.33. The number of benzene rings is 1. The molecule has 1 saturated carbocycles. The third-order valence-electron chi connectivity index (χ3n) is 4.39. The van der Waals surface area contributed by atoms with Crippen molar-refractivity contribution in [3.05, 3.63) is 34.9 Å². The number of hydrogen-bond donors (Lipinski definition) is 1. The van der Waals surface area contributed by atoms with E-state index in [0.29, 0.717) is 12.0 Å². The highest BCUT2D eigenvalue weighted by Gasteiger charge is 2.28. The van der Waals surface area contributed by atoms with E-state index in [1.54, 1.807) is 0 Å². The molecule has 4 unspecified atom stereocenters. The van der Waals surface area contributed by atoms with Crippen LogP contribution in [-0.2, 0) is 4.74 Å². The van der Waals surface area contributed by atoms with Crippen LogP contribution < -0.4 is 5.73 Å². The van der Waals surface area contributed by atoms with Gasteiger partial charge in [-0.25, -0.2) is 0 Å². The molecular formula is C17H26ClNO. The van der Waals surface area contributed by atoms with Crippen LogP contribution in [-0.4, -0.2) is 12.1 Å². The SMILES string of the molecule is CCC(N)C(OC1CCCCC1C)c1cccc(Cl)c1. The molecule has 0 aromatic heterocycles. The number of rotatable bonds is 5. The van der Waals surface area contributed by atoms with Gasteiger partial charge in [-0.2, -0.15) is 0 Å². The predicted octanol–water partition coefficient (Wildman–Crippen LogP) is 4.71. The second kappa shape index (κ2) is 7.44. The lowest BCUT2D eigenvalue weighted by molar-refractivity contribution is -0.0677. The highest BCUT2D eigenvalue weighted by atomic mass is 35.5. The van der Waals surface area contributed by atoms with Gasteiger partial charge >= 0.3 is 0 Å². The summed E-state index contributed by atoms with van der Waals surface area (Å²) in [5, 5.41) is 0.746. The van der Waals surface area contributed by atoms with E-state index in [-0.39, 0.29) is 12.1 Å². The lowest BCUT2D eigenvalue weighted by atomic mass is 9.87. The molecule has 1 aromatic rings. The van der Waals surface area contributed by atoms with Gasteiger partial charge in [0.05, 0.1) is 12.2 Å². The van der Waals surface area contributed by atoms with E-state index in [4.69, 9.17) is 22.1 Å². The Bertz CT molecular complexity index is 423. The van der Waals surface area contributed by atoms with Crippen molar-refractivity contribution in [3.8, 4) is 0 Å². The molecule has 1 fully saturated rings. The smallest absolute Gasteiger partial charge is 0.0979 e. The first-order valence-electron chi connectivity index (χ1n) is 7.78. The summed E-state index contributed by atoms with van der Waals surface area (Å²) in [6.45, 7) is 4.40. The predicted molar refractivity (Wildman–Crippen MR) is 85.0 cm³/mol. The maximum atomic E-state index is 6.41. The van der Waals surface area contributed by atoms with E-state index in [9.17, 15) is 0 Å². The van der Waals surface area contributed by atoms with Gasteiger partial charge in [0.25, 0.3) is 0 Å². The van der Waals surface area contributed by atoms with Gasteiger partial charge in [0, 0.05) is 11.1 Å². The lowest BCUT2D eigenvalue weighted by Crippen LogP contribution is -2.35. The van der Waals surface area contributed by atoms with Gasteiger partial charge in [0.15, 0.2) is 0 Å². The quantitative estimate of drug-likeness (QED) is 0.853. The third-order valence-corrected chi connectivity index (χ3v) is 4.63. The van der Waals surface area contributed by atoms with E-state index in [2.05, 4.69) is 19.9 Å². The van der Waals surface area contributed by atoms with Crippen molar-refractivity contribution >= 4 is 11.6 Å². The first kappa shape index (κ1) is 15.8. The second-order valence-corrected chi connectivity index (χ2v) is 6.42. The zero-order valence-electron chi connectivity index (χ0n) is 12.5. The Kier molecular flexibility index (Phi) is 5.88. The number of nitrogens with two attached hydrogens (primary N) is 1. The first-order chi connectivity index (χ1) is 9.61. The molecule has 1 aromatic carbocycles. The number of ether oxygens (including phenoxy) is 1. The Morgan fingerprint density at radius 3 is 2.75 bits per heavy atom. The van der Waals surface area contributed by atoms with Crippen molar-refractivity contribution in [1.29, 1.82) is 0 Å². The fourth-order valence-electron chi connectivity index (χ4n) is 3.00. The first-order valence-corrected chi connectivity index (χ1v) is 8.16. The lowest BCUT2D eigenvalue weighted by Gasteiger charge is -2.34. The normalized spacial score (nSPS) is 26.2. The molecule has 0 radical (unpaired) electrons. The average Bonchev–Trinajstić information content (AvgIpc) is 2.45. The van der Waals surface area contributed by atoms with Crippen LogP contribution in [0.15, 0.2) is 24.3 Å². The monoisotopic (exact) mass is 295 g/mol. The average molecular weight is 296 g/mol. The van der Waals surface area contributed by atoms with Crippen LogP contribution in [0.25, 0.3) is 0 Å². The van der Waals surface area contributed by atoms with Gasteiger partial charge < -0.3 is 10.5 Å². The van der Waals surface area contributed by atoms with Crippen molar-refractivity contribution in [3.63, 3.8) is 0 Å². The Balaban J connectivity index is 2.15. The van der Waals surface area contributed by atoms with Crippen molar-refractivity contribution in [2.24, 2.45) is 11.7 Å². The van der Waals surface area contributed by atoms with Crippen LogP contribution >= 0.6 is 11.6 Å². The summed E-state index contributed by atoms with van der Waals surface area (Å²) < 4.78 is 6.41. The minimum atomic E-state index is -0.0516. The molecular weight excluding hydrogens is 270 g/mol. The molecule has 1 aliphatic carbocycles. The number of hydrogen-bond acceptors (Lipinski definition) is 2. The Hall–Kier alpha value is -0.570. The Morgan fingerprint density at radius 1 is 1.35 bits per heavy atom. The fraction of sp³-hybridized carbons (Fsp3) is 0.647. The minimum Gasteiger partial charge on any atom is -0.368 e. The van der Waals surface area contributed by atoms with Crippen LogP contribution in [0.4, 0.5) is 0 Å². The molecule has 112 valence electrons. The summed E-state index contributed by atoms with van der Waals surface area (Å²) in [4.78, 5) is 0. The Morgan fingerprint density at radius 2 is 2.10 bits per heavy atom. The molecule has 0 heterocycles. The molecule has 0 aliphatic heterocycles. The van der Waals surface area contributed by atoms with Crippen LogP contribution in [0.2, 0.25) is 5.02 Å². The number of halogens is 1. The second-order valence-electron chi connectivity index (χ2n) is 5.98. The van der Waals surface area contributed by atoms with Gasteiger partial charge in [0.1, 0.15) is 0 Å². The molecule has 0 amide bonds. The summed E-state index contributed by atoms with van der Waals surface area (Å²) in [5.41, 5.74) is 7.40. The minimum absolute atomic E-state index is 0.0163. The molecule has 1 aliphatic rings. The van der Waals surface area contributed by atoms with Crippen LogP contribution in [0, 0.1) is 5.92 Å². The van der Waals surface area contributed by atoms with E-state index >= 15 is 0 Å². The summed E-state index contributed by atoms with van der Waals surface area (Å²) in [7, 11) is 0. The fourth-order valence-corrected chi connectivity index (χ4v) is 3.20. The molecule has 0 spiro atoms. The van der Waals surface area contributed by atoms with E-state index in [0.717, 1.165) is 23.4 Å². The highest BCUT2D eigenvalue weighted by molar-refractivity contribution is 6.30. The van der Waals surface area contributed by atoms with Crippen LogP contribution in [0.3, 0.4) is 0 Å². The molecule has 2 rings (SSSR count). The van der Waals surface area contributed by atoms with E-state index in [1.807, 2.05) is 18.2 Å². The largest absolute Gasteiger partial charge is 0.368 e. The third kappa shape index (κ3) is 3.97. The van der Waals surface area contributed by atoms with Crippen molar-refractivity contribution in [2.45, 2.75) is 64.2 Å². The standard InChI is InChI=1S/C17H26ClNO/c1-3-15(19)17(13-8-6-9-14(18)11-13)20-16-10-5-4-7-12(16)2/h6,8-9,11-12,15-17H,3-5,7,10,19H2,1-2H3. The maximum absolute atomic E-state index is 6.41. The van der Waals surface area contributed by atoms with Gasteiger partial charge in [-0.1, -0.05) is 50.4 Å². The molecule has 0 bridgehead atoms. The molecule has 20 heavy (non-hydrogen) atoms. The van der Waals surface area contributed by atoms with Gasteiger partial charge in [-0.15, -0.1) is 0 Å². The van der Waals surface area contributed by atoms with Crippen LogP contribution in [0.1, 0.15) is 57.6 Å². The molecule has 2 N–H and O–H groups in total. The summed E-state index contributed by atoms with van der Waals surface area (Å²) >= 11 is 6.11. The maximum Gasteiger partial charge on any atom is 0.0979 e. The summed E-state index contributed by atoms with van der Waals surface area (Å²) in [6, 6.07) is 7.93. The molecule has 0 saturated heterocycles. The van der Waals surface area contributed by atoms with E-state index < -0.39 is 0 Å². The van der Waals surface area contributed by atoms with Gasteiger partial charge in [0.2, 0.25) is 0 Å². The molecule has 2 nitrogen and oxygen atoms in total. The van der Waals surface area contributed by atoms with E-state index in [1.165, 1.54) is 19.3 Å². The van der Waals surface area contributed by atoms with Crippen molar-refractivity contribution in [2.75, 3.05) is 0 Å². The Labute approximate surface area is 127 Å². The molecule has 4 atom stereocenters. The zero-order valence-corrected chi connectivity index (χ0v) is 13.3. The van der Waals surface area contributed by atoms with Crippen molar-refractivity contribution < 1.29 is 4.74 Å². The van der Waals surface area contributed by atoms with Gasteiger partial charge in [-0.05, 0) is 42.9 Å². The molecule has 3 heteroatoms.